The van der Waals surface area contributed by atoms with E-state index in [-0.39, 0.29) is 12.4 Å². The molecule has 0 unspecified atom stereocenters. The molecule has 2 aromatic rings. The fourth-order valence-electron chi connectivity index (χ4n) is 2.02. The zero-order valence-electron chi connectivity index (χ0n) is 13.0. The molecule has 126 valence electrons. The number of ether oxygens (including phenoxy) is 2. The van der Waals surface area contributed by atoms with Crippen molar-refractivity contribution in [1.29, 1.82) is 0 Å². The minimum atomic E-state index is -1.04. The van der Waals surface area contributed by atoms with Crippen molar-refractivity contribution in [1.82, 2.24) is 0 Å². The molecule has 0 atom stereocenters. The van der Waals surface area contributed by atoms with E-state index in [9.17, 15) is 9.18 Å². The summed E-state index contributed by atoms with van der Waals surface area (Å²) in [5, 5.41) is 8.72. The molecule has 0 saturated carbocycles. The van der Waals surface area contributed by atoms with Gasteiger partial charge in [-0.15, -0.1) is 0 Å². The lowest BCUT2D eigenvalue weighted by molar-refractivity contribution is -0.131. The zero-order valence-corrected chi connectivity index (χ0v) is 14.5. The van der Waals surface area contributed by atoms with Crippen LogP contribution in [-0.4, -0.2) is 17.7 Å². The molecule has 0 heterocycles. The van der Waals surface area contributed by atoms with Crippen LogP contribution in [0.2, 0.25) is 0 Å². The third kappa shape index (κ3) is 4.83. The molecule has 0 aromatic heterocycles. The van der Waals surface area contributed by atoms with E-state index in [0.717, 1.165) is 6.08 Å². The van der Waals surface area contributed by atoms with Crippen LogP contribution in [0.3, 0.4) is 0 Å². The molecule has 24 heavy (non-hydrogen) atoms. The number of carboxylic acid groups (broad SMARTS) is 1. The highest BCUT2D eigenvalue weighted by molar-refractivity contribution is 9.10. The molecule has 0 radical (unpaired) electrons. The highest BCUT2D eigenvalue weighted by Gasteiger charge is 2.13. The average molecular weight is 395 g/mol. The normalized spacial score (nSPS) is 10.8. The maximum Gasteiger partial charge on any atom is 0.328 e. The van der Waals surface area contributed by atoms with Crippen LogP contribution in [0.25, 0.3) is 6.08 Å². The molecule has 0 fully saturated rings. The van der Waals surface area contributed by atoms with E-state index in [1.54, 1.807) is 30.3 Å². The van der Waals surface area contributed by atoms with Gasteiger partial charge in [-0.3, -0.25) is 0 Å². The van der Waals surface area contributed by atoms with Gasteiger partial charge in [0.25, 0.3) is 0 Å². The first-order valence-electron chi connectivity index (χ1n) is 7.24. The number of halogens is 2. The Morgan fingerprint density at radius 2 is 2.04 bits per heavy atom. The summed E-state index contributed by atoms with van der Waals surface area (Å²) in [5.41, 5.74) is 1.08. The largest absolute Gasteiger partial charge is 0.490 e. The summed E-state index contributed by atoms with van der Waals surface area (Å²) in [5.74, 6) is -0.489. The standard InChI is InChI=1S/C18H16BrFO4/c1-2-23-16-10-12(7-8-17(21)22)9-14(19)18(16)24-11-13-5-3-4-6-15(13)20/h3-10H,2,11H2,1H3,(H,21,22)/b8-7+. The van der Waals surface area contributed by atoms with Crippen LogP contribution in [-0.2, 0) is 11.4 Å². The van der Waals surface area contributed by atoms with Gasteiger partial charge in [0.05, 0.1) is 11.1 Å². The van der Waals surface area contributed by atoms with Crippen molar-refractivity contribution in [2.75, 3.05) is 6.61 Å². The molecule has 0 aliphatic heterocycles. The molecule has 0 aliphatic carbocycles. The third-order valence-corrected chi connectivity index (χ3v) is 3.67. The summed E-state index contributed by atoms with van der Waals surface area (Å²) in [6.07, 6.45) is 2.49. The van der Waals surface area contributed by atoms with Crippen molar-refractivity contribution in [3.63, 3.8) is 0 Å². The number of benzene rings is 2. The van der Waals surface area contributed by atoms with Crippen molar-refractivity contribution < 1.29 is 23.8 Å². The van der Waals surface area contributed by atoms with Crippen LogP contribution in [0, 0.1) is 5.82 Å². The maximum absolute atomic E-state index is 13.7. The number of hydrogen-bond acceptors (Lipinski definition) is 3. The number of aliphatic carboxylic acids is 1. The average Bonchev–Trinajstić information content (AvgIpc) is 2.54. The first kappa shape index (κ1) is 18.0. The summed E-state index contributed by atoms with van der Waals surface area (Å²) in [7, 11) is 0. The molecular weight excluding hydrogens is 379 g/mol. The van der Waals surface area contributed by atoms with E-state index < -0.39 is 5.97 Å². The van der Waals surface area contributed by atoms with Crippen molar-refractivity contribution in [3.05, 3.63) is 63.9 Å². The predicted octanol–water partition coefficient (Wildman–Crippen LogP) is 4.66. The Labute approximate surface area is 147 Å². The van der Waals surface area contributed by atoms with Gasteiger partial charge >= 0.3 is 5.97 Å². The summed E-state index contributed by atoms with van der Waals surface area (Å²) in [6.45, 7) is 2.29. The smallest absolute Gasteiger partial charge is 0.328 e. The summed E-state index contributed by atoms with van der Waals surface area (Å²) < 4.78 is 25.6. The Bertz CT molecular complexity index is 759. The Hall–Kier alpha value is -2.34. The lowest BCUT2D eigenvalue weighted by Gasteiger charge is -2.15. The highest BCUT2D eigenvalue weighted by Crippen LogP contribution is 2.38. The van der Waals surface area contributed by atoms with E-state index in [4.69, 9.17) is 14.6 Å². The van der Waals surface area contributed by atoms with Crippen molar-refractivity contribution in [3.8, 4) is 11.5 Å². The minimum Gasteiger partial charge on any atom is -0.490 e. The molecule has 0 amide bonds. The van der Waals surface area contributed by atoms with Gasteiger partial charge in [0.1, 0.15) is 12.4 Å². The van der Waals surface area contributed by atoms with E-state index in [0.29, 0.717) is 33.7 Å². The minimum absolute atomic E-state index is 0.0512. The molecule has 1 N–H and O–H groups in total. The van der Waals surface area contributed by atoms with Gasteiger partial charge in [0, 0.05) is 11.6 Å². The van der Waals surface area contributed by atoms with E-state index in [1.807, 2.05) is 6.92 Å². The Morgan fingerprint density at radius 3 is 2.71 bits per heavy atom. The monoisotopic (exact) mass is 394 g/mol. The second kappa shape index (κ2) is 8.49. The fraction of sp³-hybridized carbons (Fsp3) is 0.167. The van der Waals surface area contributed by atoms with Gasteiger partial charge in [-0.05, 0) is 52.7 Å². The summed E-state index contributed by atoms with van der Waals surface area (Å²) >= 11 is 3.39. The fourth-order valence-corrected chi connectivity index (χ4v) is 2.59. The lowest BCUT2D eigenvalue weighted by atomic mass is 10.2. The first-order valence-corrected chi connectivity index (χ1v) is 8.04. The molecule has 0 aliphatic rings. The molecule has 2 aromatic carbocycles. The van der Waals surface area contributed by atoms with Crippen molar-refractivity contribution in [2.45, 2.75) is 13.5 Å². The van der Waals surface area contributed by atoms with Gasteiger partial charge in [-0.1, -0.05) is 18.2 Å². The van der Waals surface area contributed by atoms with Crippen LogP contribution in [0.5, 0.6) is 11.5 Å². The molecule has 2 rings (SSSR count). The number of hydrogen-bond donors (Lipinski definition) is 1. The van der Waals surface area contributed by atoms with Crippen LogP contribution >= 0.6 is 15.9 Å². The molecule has 0 bridgehead atoms. The van der Waals surface area contributed by atoms with Crippen molar-refractivity contribution in [2.24, 2.45) is 0 Å². The second-order valence-electron chi connectivity index (χ2n) is 4.81. The van der Waals surface area contributed by atoms with E-state index in [1.165, 1.54) is 12.1 Å². The quantitative estimate of drug-likeness (QED) is 0.693. The van der Waals surface area contributed by atoms with Gasteiger partial charge < -0.3 is 14.6 Å². The molecular formula is C18H16BrFO4. The number of carboxylic acids is 1. The van der Waals surface area contributed by atoms with Gasteiger partial charge in [-0.2, -0.15) is 0 Å². The lowest BCUT2D eigenvalue weighted by Crippen LogP contribution is -2.02. The third-order valence-electron chi connectivity index (χ3n) is 3.08. The van der Waals surface area contributed by atoms with Gasteiger partial charge in [0.2, 0.25) is 0 Å². The van der Waals surface area contributed by atoms with E-state index >= 15 is 0 Å². The molecule has 4 nitrogen and oxygen atoms in total. The van der Waals surface area contributed by atoms with Crippen LogP contribution in [0.15, 0.2) is 46.9 Å². The van der Waals surface area contributed by atoms with E-state index in [2.05, 4.69) is 15.9 Å². The second-order valence-corrected chi connectivity index (χ2v) is 5.67. The summed E-state index contributed by atoms with van der Waals surface area (Å²) in [6, 6.07) is 9.75. The molecule has 0 spiro atoms. The number of carbonyl (C=O) groups is 1. The predicted molar refractivity (Wildman–Crippen MR) is 92.7 cm³/mol. The summed E-state index contributed by atoms with van der Waals surface area (Å²) in [4.78, 5) is 10.6. The highest BCUT2D eigenvalue weighted by atomic mass is 79.9. The zero-order chi connectivity index (χ0) is 17.5. The topological polar surface area (TPSA) is 55.8 Å². The van der Waals surface area contributed by atoms with Crippen LogP contribution < -0.4 is 9.47 Å². The van der Waals surface area contributed by atoms with Gasteiger partial charge in [0.15, 0.2) is 11.5 Å². The Balaban J connectivity index is 2.27. The SMILES string of the molecule is CCOc1cc(/C=C/C(=O)O)cc(Br)c1OCc1ccccc1F. The molecule has 0 saturated heterocycles. The van der Waals surface area contributed by atoms with Crippen LogP contribution in [0.1, 0.15) is 18.1 Å². The Morgan fingerprint density at radius 1 is 1.29 bits per heavy atom. The van der Waals surface area contributed by atoms with Gasteiger partial charge in [-0.25, -0.2) is 9.18 Å². The van der Waals surface area contributed by atoms with Crippen LogP contribution in [0.4, 0.5) is 4.39 Å². The first-order chi connectivity index (χ1) is 11.5. The van der Waals surface area contributed by atoms with Crippen molar-refractivity contribution >= 4 is 28.0 Å². The Kier molecular flexibility index (Phi) is 6.37. The number of rotatable bonds is 7. The maximum atomic E-state index is 13.7. The molecule has 6 heteroatoms.